The number of amides is 1. The summed E-state index contributed by atoms with van der Waals surface area (Å²) in [4.78, 5) is 41.8. The van der Waals surface area contributed by atoms with Gasteiger partial charge in [0.25, 0.3) is 5.91 Å². The van der Waals surface area contributed by atoms with E-state index in [1.807, 2.05) is 70.7 Å². The van der Waals surface area contributed by atoms with E-state index in [-0.39, 0.29) is 11.9 Å². The third-order valence-corrected chi connectivity index (χ3v) is 10.9. The smallest absolute Gasteiger partial charge is 0.254 e. The number of benzene rings is 3. The Labute approximate surface area is 332 Å². The highest BCUT2D eigenvalue weighted by atomic mass is 19.1. The van der Waals surface area contributed by atoms with E-state index in [2.05, 4.69) is 22.0 Å². The molecule has 2 aromatic heterocycles. The van der Waals surface area contributed by atoms with E-state index in [1.54, 1.807) is 26.4 Å². The summed E-state index contributed by atoms with van der Waals surface area (Å²) in [6, 6.07) is 20.7. The van der Waals surface area contributed by atoms with Crippen molar-refractivity contribution in [3.05, 3.63) is 107 Å². The van der Waals surface area contributed by atoms with E-state index in [4.69, 9.17) is 34.1 Å². The van der Waals surface area contributed by atoms with Crippen molar-refractivity contribution in [2.24, 2.45) is 0 Å². The van der Waals surface area contributed by atoms with E-state index >= 15 is 4.39 Å². The van der Waals surface area contributed by atoms with Crippen LogP contribution in [0.5, 0.6) is 11.5 Å². The molecule has 1 atom stereocenters. The number of piperazine rings is 1. The Kier molecular flexibility index (Phi) is 11.4. The van der Waals surface area contributed by atoms with E-state index < -0.39 is 5.82 Å². The Bertz CT molecular complexity index is 2120. The number of rotatable bonds is 12. The van der Waals surface area contributed by atoms with Crippen molar-refractivity contribution in [1.29, 1.82) is 0 Å². The van der Waals surface area contributed by atoms with Gasteiger partial charge >= 0.3 is 0 Å². The van der Waals surface area contributed by atoms with E-state index in [1.165, 1.54) is 6.07 Å². The van der Waals surface area contributed by atoms with Crippen molar-refractivity contribution in [1.82, 2.24) is 30.2 Å². The van der Waals surface area contributed by atoms with Gasteiger partial charge in [0.05, 0.1) is 38.8 Å². The normalized spacial score (nSPS) is 16.7. The number of hydrogen-bond donors (Lipinski definition) is 1. The first-order valence-corrected chi connectivity index (χ1v) is 19.6. The van der Waals surface area contributed by atoms with Crippen LogP contribution in [0.4, 0.5) is 27.8 Å². The van der Waals surface area contributed by atoms with Crippen LogP contribution in [0.25, 0.3) is 11.3 Å². The van der Waals surface area contributed by atoms with E-state index in [0.29, 0.717) is 93.6 Å². The quantitative estimate of drug-likeness (QED) is 0.169. The van der Waals surface area contributed by atoms with Crippen molar-refractivity contribution in [2.75, 3.05) is 81.4 Å². The lowest BCUT2D eigenvalue weighted by molar-refractivity contribution is 0.0631. The van der Waals surface area contributed by atoms with E-state index in [9.17, 15) is 4.79 Å². The summed E-state index contributed by atoms with van der Waals surface area (Å²) in [6.07, 6.45) is 5.03. The molecular formula is C43H48FN9O4. The molecule has 1 amide bonds. The van der Waals surface area contributed by atoms with Crippen LogP contribution in [-0.2, 0) is 24.2 Å². The molecule has 0 radical (unpaired) electrons. The molecule has 5 heterocycles. The molecule has 57 heavy (non-hydrogen) atoms. The van der Waals surface area contributed by atoms with Gasteiger partial charge in [-0.25, -0.2) is 19.3 Å². The number of nitrogens with zero attached hydrogens (tertiary/aromatic N) is 8. The minimum atomic E-state index is -0.415. The molecular weight excluding hydrogens is 726 g/mol. The van der Waals surface area contributed by atoms with E-state index in [0.717, 1.165) is 53.3 Å². The number of morpholine rings is 1. The summed E-state index contributed by atoms with van der Waals surface area (Å²) < 4.78 is 32.3. The monoisotopic (exact) mass is 773 g/mol. The minimum absolute atomic E-state index is 0.0872. The maximum absolute atomic E-state index is 15.9. The van der Waals surface area contributed by atoms with Gasteiger partial charge in [0.15, 0.2) is 0 Å². The van der Waals surface area contributed by atoms with Crippen LogP contribution < -0.4 is 29.5 Å². The molecule has 3 aliphatic heterocycles. The Morgan fingerprint density at radius 1 is 0.895 bits per heavy atom. The molecule has 5 aromatic rings. The van der Waals surface area contributed by atoms with Gasteiger partial charge in [-0.1, -0.05) is 31.2 Å². The number of halogens is 1. The summed E-state index contributed by atoms with van der Waals surface area (Å²) >= 11 is 0. The third-order valence-electron chi connectivity index (χ3n) is 10.9. The second kappa shape index (κ2) is 17.1. The number of anilines is 4. The van der Waals surface area contributed by atoms with Gasteiger partial charge < -0.3 is 39.1 Å². The maximum atomic E-state index is 15.9. The summed E-state index contributed by atoms with van der Waals surface area (Å²) in [5, 5.41) is 3.38. The minimum Gasteiger partial charge on any atom is -0.497 e. The lowest BCUT2D eigenvalue weighted by atomic mass is 10.1. The molecule has 3 aromatic carbocycles. The number of carbonyl (C=O) groups is 1. The molecule has 14 heteroatoms. The Morgan fingerprint density at radius 3 is 2.19 bits per heavy atom. The second-order valence-electron chi connectivity index (χ2n) is 14.4. The first-order chi connectivity index (χ1) is 27.9. The summed E-state index contributed by atoms with van der Waals surface area (Å²) in [6.45, 7) is 8.13. The number of nitrogens with one attached hydrogen (secondary N) is 1. The standard InChI is InChI=1S/C43H48FN9O4/c1-4-33-26-45-16-18-52(33)41(54)31-9-14-37(44)38(23-31)53-17-15-36-39(48-43(49-40(36)53)50-19-21-57-22-20-50)32-24-46-42(47-25-32)51(27-29-5-10-34(55-2)11-6-29)28-30-7-12-35(56-3)13-8-30/h5-14,23-25,33,45H,4,15-22,26-28H2,1-3H3. The first kappa shape index (κ1) is 38.0. The third kappa shape index (κ3) is 8.19. The number of carbonyl (C=O) groups excluding carboxylic acids is 1. The van der Waals surface area contributed by atoms with Gasteiger partial charge in [-0.3, -0.25) is 4.79 Å². The van der Waals surface area contributed by atoms with Crippen molar-refractivity contribution >= 4 is 29.3 Å². The number of ether oxygens (including phenoxy) is 3. The Morgan fingerprint density at radius 2 is 1.56 bits per heavy atom. The van der Waals surface area contributed by atoms with Crippen LogP contribution in [0, 0.1) is 5.82 Å². The zero-order valence-corrected chi connectivity index (χ0v) is 32.7. The number of hydrogen-bond acceptors (Lipinski definition) is 12. The molecule has 2 saturated heterocycles. The van der Waals surface area contributed by atoms with Crippen molar-refractivity contribution in [3.63, 3.8) is 0 Å². The number of methoxy groups -OCH3 is 2. The second-order valence-corrected chi connectivity index (χ2v) is 14.4. The van der Waals surface area contributed by atoms with Crippen molar-refractivity contribution in [2.45, 2.75) is 38.9 Å². The van der Waals surface area contributed by atoms with Crippen LogP contribution in [0.2, 0.25) is 0 Å². The Balaban J connectivity index is 1.13. The average molecular weight is 774 g/mol. The van der Waals surface area contributed by atoms with Crippen LogP contribution in [0.3, 0.4) is 0 Å². The zero-order valence-electron chi connectivity index (χ0n) is 32.7. The van der Waals surface area contributed by atoms with Crippen LogP contribution in [0.15, 0.2) is 79.1 Å². The fourth-order valence-electron chi connectivity index (χ4n) is 7.74. The number of aromatic nitrogens is 4. The molecule has 1 N–H and O–H groups in total. The molecule has 0 bridgehead atoms. The summed E-state index contributed by atoms with van der Waals surface area (Å²) in [5.74, 6) is 2.78. The molecule has 0 saturated carbocycles. The summed E-state index contributed by atoms with van der Waals surface area (Å²) in [7, 11) is 3.31. The summed E-state index contributed by atoms with van der Waals surface area (Å²) in [5.41, 5.74) is 5.25. The molecule has 2 fully saturated rings. The van der Waals surface area contributed by atoms with Gasteiger partial charge in [-0.15, -0.1) is 0 Å². The molecule has 0 spiro atoms. The largest absolute Gasteiger partial charge is 0.497 e. The van der Waals surface area contributed by atoms with Crippen molar-refractivity contribution < 1.29 is 23.4 Å². The highest BCUT2D eigenvalue weighted by molar-refractivity contribution is 5.96. The molecule has 1 unspecified atom stereocenters. The Hall–Kier alpha value is -5.86. The lowest BCUT2D eigenvalue weighted by Crippen LogP contribution is -2.53. The SMILES string of the molecule is CCC1CNCCN1C(=O)c1ccc(F)c(N2CCc3c(-c4cnc(N(Cc5ccc(OC)cc5)Cc5ccc(OC)cc5)nc4)nc(N4CCOCC4)nc32)c1. The van der Waals surface area contributed by atoms with Gasteiger partial charge in [-0.05, 0) is 66.4 Å². The molecule has 0 aliphatic carbocycles. The van der Waals surface area contributed by atoms with Crippen LogP contribution in [-0.4, -0.2) is 103 Å². The van der Waals surface area contributed by atoms with Crippen LogP contribution >= 0.6 is 0 Å². The highest BCUT2D eigenvalue weighted by Gasteiger charge is 2.32. The fourth-order valence-corrected chi connectivity index (χ4v) is 7.74. The molecule has 13 nitrogen and oxygen atoms in total. The molecule has 8 rings (SSSR count). The zero-order chi connectivity index (χ0) is 39.3. The average Bonchev–Trinajstić information content (AvgIpc) is 3.70. The van der Waals surface area contributed by atoms with Crippen LogP contribution in [0.1, 0.15) is 40.4 Å². The van der Waals surface area contributed by atoms with Gasteiger partial charge in [0, 0.05) is 87.5 Å². The number of fused-ring (bicyclic) bond motifs is 1. The predicted molar refractivity (Wildman–Crippen MR) is 217 cm³/mol. The predicted octanol–water partition coefficient (Wildman–Crippen LogP) is 5.65. The van der Waals surface area contributed by atoms with Crippen molar-refractivity contribution in [3.8, 4) is 22.8 Å². The topological polar surface area (TPSA) is 121 Å². The van der Waals surface area contributed by atoms with Gasteiger partial charge in [0.2, 0.25) is 11.9 Å². The van der Waals surface area contributed by atoms with Gasteiger partial charge in [0.1, 0.15) is 23.1 Å². The first-order valence-electron chi connectivity index (χ1n) is 19.6. The maximum Gasteiger partial charge on any atom is 0.254 e. The molecule has 296 valence electrons. The van der Waals surface area contributed by atoms with Gasteiger partial charge in [-0.2, -0.15) is 4.98 Å². The highest BCUT2D eigenvalue weighted by Crippen LogP contribution is 2.40. The fraction of sp³-hybridized carbons (Fsp3) is 0.372. The molecule has 3 aliphatic rings. The lowest BCUT2D eigenvalue weighted by Gasteiger charge is -2.36.